The van der Waals surface area contributed by atoms with Crippen molar-refractivity contribution in [3.05, 3.63) is 47.0 Å². The number of piperazine rings is 1. The summed E-state index contributed by atoms with van der Waals surface area (Å²) in [5.74, 6) is 0.0927. The van der Waals surface area contributed by atoms with Gasteiger partial charge in [-0.05, 0) is 56.9 Å². The van der Waals surface area contributed by atoms with E-state index in [0.717, 1.165) is 18.5 Å². The van der Waals surface area contributed by atoms with Gasteiger partial charge in [0.15, 0.2) is 0 Å². The summed E-state index contributed by atoms with van der Waals surface area (Å²) < 4.78 is 44.1. The van der Waals surface area contributed by atoms with Gasteiger partial charge in [0.05, 0.1) is 5.56 Å². The van der Waals surface area contributed by atoms with Crippen LogP contribution in [0.5, 0.6) is 0 Å². The van der Waals surface area contributed by atoms with Crippen LogP contribution in [0.4, 0.5) is 10.1 Å². The minimum Gasteiger partial charge on any atom is -0.369 e. The molecule has 0 unspecified atom stereocenters. The molecule has 0 saturated carbocycles. The average Bonchev–Trinajstić information content (AvgIpc) is 3.04. The number of carbonyl (C=O) groups is 1. The summed E-state index contributed by atoms with van der Waals surface area (Å²) in [7, 11) is -2.04. The lowest BCUT2D eigenvalue weighted by Crippen LogP contribution is -2.49. The lowest BCUT2D eigenvalue weighted by molar-refractivity contribution is 0.0692. The second-order valence-electron chi connectivity index (χ2n) is 9.28. The number of hydrogen-bond acceptors (Lipinski definition) is 4. The molecule has 2 fully saturated rings. The topological polar surface area (TPSA) is 65.9 Å². The van der Waals surface area contributed by atoms with Gasteiger partial charge in [-0.1, -0.05) is 6.92 Å². The number of aromatic nitrogens is 1. The second kappa shape index (κ2) is 9.10. The van der Waals surface area contributed by atoms with Crippen LogP contribution < -0.4 is 4.90 Å². The van der Waals surface area contributed by atoms with Crippen LogP contribution in [0.2, 0.25) is 0 Å². The standard InChI is InChI=1S/C24H33FN4O3S/c1-17-9-11-28(12-10-17)24(30)22-18(2)26(4)19(3)23(22)33(31,32)29-15-13-27(14-16-29)21-7-5-20(25)6-8-21/h5-8,17H,9-16H2,1-4H3. The molecule has 0 aliphatic carbocycles. The fraction of sp³-hybridized carbons (Fsp3) is 0.542. The van der Waals surface area contributed by atoms with Gasteiger partial charge in [0.2, 0.25) is 10.0 Å². The van der Waals surface area contributed by atoms with Crippen LogP contribution in [-0.2, 0) is 17.1 Å². The molecule has 7 nitrogen and oxygen atoms in total. The Bertz CT molecular complexity index is 1130. The lowest BCUT2D eigenvalue weighted by Gasteiger charge is -2.35. The van der Waals surface area contributed by atoms with Crippen LogP contribution in [0.1, 0.15) is 41.5 Å². The summed E-state index contributed by atoms with van der Waals surface area (Å²) in [6.07, 6.45) is 1.87. The molecule has 0 spiro atoms. The van der Waals surface area contributed by atoms with E-state index in [9.17, 15) is 17.6 Å². The molecule has 0 radical (unpaired) electrons. The van der Waals surface area contributed by atoms with E-state index in [1.165, 1.54) is 16.4 Å². The van der Waals surface area contributed by atoms with Crippen molar-refractivity contribution in [2.45, 2.75) is 38.5 Å². The van der Waals surface area contributed by atoms with Crippen LogP contribution in [0.3, 0.4) is 0 Å². The molecule has 1 aromatic carbocycles. The van der Waals surface area contributed by atoms with Gasteiger partial charge in [-0.2, -0.15) is 4.31 Å². The first-order valence-electron chi connectivity index (χ1n) is 11.6. The molecule has 0 atom stereocenters. The number of halogens is 1. The Hall–Kier alpha value is -2.39. The Labute approximate surface area is 195 Å². The molecular formula is C24H33FN4O3S. The highest BCUT2D eigenvalue weighted by atomic mass is 32.2. The molecule has 33 heavy (non-hydrogen) atoms. The van der Waals surface area contributed by atoms with Crippen molar-refractivity contribution in [1.29, 1.82) is 0 Å². The van der Waals surface area contributed by atoms with Gasteiger partial charge in [0.25, 0.3) is 5.91 Å². The van der Waals surface area contributed by atoms with E-state index in [0.29, 0.717) is 62.1 Å². The largest absolute Gasteiger partial charge is 0.369 e. The summed E-state index contributed by atoms with van der Waals surface area (Å²) in [6.45, 7) is 8.70. The third-order valence-electron chi connectivity index (χ3n) is 7.24. The molecule has 0 bridgehead atoms. The zero-order chi connectivity index (χ0) is 23.9. The number of rotatable bonds is 4. The second-order valence-corrected chi connectivity index (χ2v) is 11.2. The normalized spacial score (nSPS) is 18.7. The fourth-order valence-corrected chi connectivity index (χ4v) is 6.73. The van der Waals surface area contributed by atoms with E-state index in [1.54, 1.807) is 28.5 Å². The summed E-state index contributed by atoms with van der Waals surface area (Å²) in [5.41, 5.74) is 2.45. The minimum atomic E-state index is -3.85. The van der Waals surface area contributed by atoms with E-state index >= 15 is 0 Å². The molecule has 4 rings (SSSR count). The molecule has 3 heterocycles. The van der Waals surface area contributed by atoms with Gasteiger partial charge < -0.3 is 14.4 Å². The van der Waals surface area contributed by atoms with Gasteiger partial charge in [-0.3, -0.25) is 4.79 Å². The summed E-state index contributed by atoms with van der Waals surface area (Å²) in [5, 5.41) is 0. The first-order chi connectivity index (χ1) is 15.6. The maximum atomic E-state index is 13.8. The van der Waals surface area contributed by atoms with E-state index in [-0.39, 0.29) is 16.6 Å². The Balaban J connectivity index is 1.60. The van der Waals surface area contributed by atoms with Crippen LogP contribution in [0, 0.1) is 25.6 Å². The number of hydrogen-bond donors (Lipinski definition) is 0. The third-order valence-corrected chi connectivity index (χ3v) is 9.30. The monoisotopic (exact) mass is 476 g/mol. The molecular weight excluding hydrogens is 443 g/mol. The molecule has 2 saturated heterocycles. The molecule has 0 N–H and O–H groups in total. The lowest BCUT2D eigenvalue weighted by atomic mass is 9.98. The number of amides is 1. The van der Waals surface area contributed by atoms with Crippen LogP contribution >= 0.6 is 0 Å². The Morgan fingerprint density at radius 2 is 1.52 bits per heavy atom. The molecule has 2 aliphatic rings. The van der Waals surface area contributed by atoms with E-state index in [2.05, 4.69) is 11.8 Å². The fourth-order valence-electron chi connectivity index (χ4n) is 4.82. The number of likely N-dealkylation sites (tertiary alicyclic amines) is 1. The van der Waals surface area contributed by atoms with Gasteiger partial charge in [0, 0.05) is 63.4 Å². The summed E-state index contributed by atoms with van der Waals surface area (Å²) >= 11 is 0. The number of nitrogens with zero attached hydrogens (tertiary/aromatic N) is 4. The zero-order valence-corrected chi connectivity index (χ0v) is 20.7. The Morgan fingerprint density at radius 3 is 2.09 bits per heavy atom. The number of carbonyl (C=O) groups excluding carboxylic acids is 1. The van der Waals surface area contributed by atoms with Crippen molar-refractivity contribution in [2.75, 3.05) is 44.2 Å². The van der Waals surface area contributed by atoms with E-state index in [1.807, 2.05) is 14.0 Å². The maximum absolute atomic E-state index is 13.8. The molecule has 2 aliphatic heterocycles. The molecule has 1 amide bonds. The predicted octanol–water partition coefficient (Wildman–Crippen LogP) is 3.16. The van der Waals surface area contributed by atoms with Crippen molar-refractivity contribution in [3.8, 4) is 0 Å². The highest BCUT2D eigenvalue weighted by molar-refractivity contribution is 7.89. The number of sulfonamides is 1. The van der Waals surface area contributed by atoms with Crippen LogP contribution in [0.25, 0.3) is 0 Å². The Morgan fingerprint density at radius 1 is 0.939 bits per heavy atom. The van der Waals surface area contributed by atoms with Crippen LogP contribution in [-0.4, -0.2) is 67.4 Å². The number of piperidine rings is 1. The van der Waals surface area contributed by atoms with Gasteiger partial charge >= 0.3 is 0 Å². The van der Waals surface area contributed by atoms with E-state index in [4.69, 9.17) is 0 Å². The quantitative estimate of drug-likeness (QED) is 0.680. The number of anilines is 1. The average molecular weight is 477 g/mol. The molecule has 2 aromatic rings. The first-order valence-corrected chi connectivity index (χ1v) is 13.0. The van der Waals surface area contributed by atoms with E-state index < -0.39 is 10.0 Å². The molecule has 1 aromatic heterocycles. The van der Waals surface area contributed by atoms with Crippen molar-refractivity contribution in [3.63, 3.8) is 0 Å². The smallest absolute Gasteiger partial charge is 0.257 e. The Kier molecular flexibility index (Phi) is 6.55. The molecule has 9 heteroatoms. The zero-order valence-electron chi connectivity index (χ0n) is 19.8. The van der Waals surface area contributed by atoms with Crippen molar-refractivity contribution < 1.29 is 17.6 Å². The van der Waals surface area contributed by atoms with Crippen molar-refractivity contribution in [2.24, 2.45) is 13.0 Å². The number of benzene rings is 1. The SMILES string of the molecule is Cc1c(C(=O)N2CCC(C)CC2)c(S(=O)(=O)N2CCN(c3ccc(F)cc3)CC2)c(C)n1C. The molecule has 180 valence electrons. The minimum absolute atomic E-state index is 0.140. The van der Waals surface area contributed by atoms with Gasteiger partial charge in [-0.15, -0.1) is 0 Å². The van der Waals surface area contributed by atoms with Crippen LogP contribution in [0.15, 0.2) is 29.2 Å². The summed E-state index contributed by atoms with van der Waals surface area (Å²) in [6, 6.07) is 6.24. The first kappa shape index (κ1) is 23.8. The van der Waals surface area contributed by atoms with Crippen molar-refractivity contribution in [1.82, 2.24) is 13.8 Å². The highest BCUT2D eigenvalue weighted by Crippen LogP contribution is 2.32. The summed E-state index contributed by atoms with van der Waals surface area (Å²) in [4.78, 5) is 17.5. The third kappa shape index (κ3) is 4.40. The van der Waals surface area contributed by atoms with Gasteiger partial charge in [0.1, 0.15) is 10.7 Å². The highest BCUT2D eigenvalue weighted by Gasteiger charge is 2.38. The predicted molar refractivity (Wildman–Crippen MR) is 127 cm³/mol. The van der Waals surface area contributed by atoms with Gasteiger partial charge in [-0.25, -0.2) is 12.8 Å². The maximum Gasteiger partial charge on any atom is 0.257 e. The van der Waals surface area contributed by atoms with Crippen molar-refractivity contribution >= 4 is 21.6 Å².